The van der Waals surface area contributed by atoms with Crippen LogP contribution < -0.4 is 20.5 Å². The third-order valence-electron chi connectivity index (χ3n) is 4.14. The summed E-state index contributed by atoms with van der Waals surface area (Å²) in [4.78, 5) is 17.8. The summed E-state index contributed by atoms with van der Waals surface area (Å²) in [7, 11) is 3.17. The Kier molecular flexibility index (Phi) is 5.38. The molecule has 3 N–H and O–H groups in total. The van der Waals surface area contributed by atoms with E-state index in [1.165, 1.54) is 0 Å². The molecular formula is C19H21N3O4. The lowest BCUT2D eigenvalue weighted by Gasteiger charge is -2.11. The number of ether oxygens (including phenoxy) is 2. The predicted molar refractivity (Wildman–Crippen MR) is 98.5 cm³/mol. The lowest BCUT2D eigenvalue weighted by molar-refractivity contribution is -0.125. The van der Waals surface area contributed by atoms with Gasteiger partial charge in [-0.25, -0.2) is 0 Å². The molecule has 0 saturated heterocycles. The molecule has 0 spiro atoms. The number of carbonyl (C=O) groups excluding carboxylic acids is 1. The van der Waals surface area contributed by atoms with Gasteiger partial charge in [0.05, 0.1) is 19.9 Å². The molecule has 2 aromatic carbocycles. The lowest BCUT2D eigenvalue weighted by atomic mass is 10.0. The molecule has 1 aliphatic heterocycles. The van der Waals surface area contributed by atoms with Gasteiger partial charge in [-0.3, -0.25) is 4.79 Å². The fraction of sp³-hybridized carbons (Fsp3) is 0.263. The zero-order chi connectivity index (χ0) is 18.5. The standard InChI is InChI=1S/C19H21N3O4/c1-24-14-7-8-17(25-2)15(9-14)16-10-18(26-22-16)19(23)21-13-5-3-12(11-20)4-6-13/h3-9,18H,10-11,20H2,1-2H3,(H,21,23). The number of amides is 1. The SMILES string of the molecule is COc1ccc(OC)c(C2=NOC(C(=O)Nc3ccc(CN)cc3)C2)c1. The van der Waals surface area contributed by atoms with E-state index in [2.05, 4.69) is 10.5 Å². The van der Waals surface area contributed by atoms with E-state index in [1.807, 2.05) is 30.3 Å². The fourth-order valence-electron chi connectivity index (χ4n) is 2.66. The monoisotopic (exact) mass is 355 g/mol. The van der Waals surface area contributed by atoms with E-state index in [0.29, 0.717) is 35.9 Å². The van der Waals surface area contributed by atoms with Crippen molar-refractivity contribution in [3.63, 3.8) is 0 Å². The quantitative estimate of drug-likeness (QED) is 0.829. The zero-order valence-corrected chi connectivity index (χ0v) is 14.7. The van der Waals surface area contributed by atoms with Gasteiger partial charge in [-0.1, -0.05) is 17.3 Å². The lowest BCUT2D eigenvalue weighted by Crippen LogP contribution is -2.28. The van der Waals surface area contributed by atoms with Crippen molar-refractivity contribution in [1.29, 1.82) is 0 Å². The number of nitrogens with one attached hydrogen (secondary N) is 1. The highest BCUT2D eigenvalue weighted by atomic mass is 16.6. The normalized spacial score (nSPS) is 15.8. The Labute approximate surface area is 151 Å². The average Bonchev–Trinajstić information content (AvgIpc) is 3.18. The molecule has 1 amide bonds. The number of oxime groups is 1. The van der Waals surface area contributed by atoms with E-state index in [4.69, 9.17) is 20.0 Å². The number of nitrogens with zero attached hydrogens (tertiary/aromatic N) is 1. The summed E-state index contributed by atoms with van der Waals surface area (Å²) in [5, 5.41) is 6.89. The summed E-state index contributed by atoms with van der Waals surface area (Å²) in [6.07, 6.45) is -0.355. The maximum atomic E-state index is 12.4. The summed E-state index contributed by atoms with van der Waals surface area (Å²) >= 11 is 0. The van der Waals surface area contributed by atoms with Crippen molar-refractivity contribution in [2.24, 2.45) is 10.9 Å². The van der Waals surface area contributed by atoms with E-state index in [-0.39, 0.29) is 5.91 Å². The fourth-order valence-corrected chi connectivity index (χ4v) is 2.66. The van der Waals surface area contributed by atoms with Crippen molar-refractivity contribution in [3.05, 3.63) is 53.6 Å². The third kappa shape index (κ3) is 3.78. The second-order valence-electron chi connectivity index (χ2n) is 5.79. The molecule has 1 unspecified atom stereocenters. The highest BCUT2D eigenvalue weighted by Crippen LogP contribution is 2.29. The Hall–Kier alpha value is -3.06. The first-order valence-electron chi connectivity index (χ1n) is 8.19. The van der Waals surface area contributed by atoms with Crippen molar-refractivity contribution >= 4 is 17.3 Å². The van der Waals surface area contributed by atoms with Gasteiger partial charge in [-0.15, -0.1) is 0 Å². The maximum Gasteiger partial charge on any atom is 0.268 e. The first-order chi connectivity index (χ1) is 12.6. The maximum absolute atomic E-state index is 12.4. The van der Waals surface area contributed by atoms with Crippen molar-refractivity contribution in [3.8, 4) is 11.5 Å². The largest absolute Gasteiger partial charge is 0.497 e. The van der Waals surface area contributed by atoms with Gasteiger partial charge in [0.25, 0.3) is 5.91 Å². The van der Waals surface area contributed by atoms with Crippen LogP contribution in [0.15, 0.2) is 47.6 Å². The molecule has 7 heteroatoms. The molecule has 2 aromatic rings. The minimum Gasteiger partial charge on any atom is -0.497 e. The molecule has 3 rings (SSSR count). The smallest absolute Gasteiger partial charge is 0.268 e. The molecular weight excluding hydrogens is 334 g/mol. The van der Waals surface area contributed by atoms with E-state index in [1.54, 1.807) is 26.4 Å². The van der Waals surface area contributed by atoms with Gasteiger partial charge in [-0.05, 0) is 35.9 Å². The van der Waals surface area contributed by atoms with Gasteiger partial charge in [0, 0.05) is 24.2 Å². The summed E-state index contributed by atoms with van der Waals surface area (Å²) in [5.74, 6) is 1.06. The van der Waals surface area contributed by atoms with Gasteiger partial charge in [-0.2, -0.15) is 0 Å². The summed E-state index contributed by atoms with van der Waals surface area (Å²) in [6, 6.07) is 12.8. The van der Waals surface area contributed by atoms with Crippen LogP contribution in [-0.2, 0) is 16.2 Å². The van der Waals surface area contributed by atoms with Crippen molar-refractivity contribution in [2.75, 3.05) is 19.5 Å². The molecule has 0 fully saturated rings. The number of carbonyl (C=O) groups is 1. The highest BCUT2D eigenvalue weighted by Gasteiger charge is 2.30. The molecule has 1 heterocycles. The number of methoxy groups -OCH3 is 2. The van der Waals surface area contributed by atoms with Crippen LogP contribution in [-0.4, -0.2) is 31.9 Å². The van der Waals surface area contributed by atoms with Crippen LogP contribution in [0.2, 0.25) is 0 Å². The molecule has 0 aliphatic carbocycles. The number of anilines is 1. The molecule has 0 aromatic heterocycles. The van der Waals surface area contributed by atoms with Crippen LogP contribution >= 0.6 is 0 Å². The second-order valence-corrected chi connectivity index (χ2v) is 5.79. The van der Waals surface area contributed by atoms with E-state index >= 15 is 0 Å². The van der Waals surface area contributed by atoms with Gasteiger partial charge in [0.1, 0.15) is 11.5 Å². The zero-order valence-electron chi connectivity index (χ0n) is 14.7. The Morgan fingerprint density at radius 3 is 2.65 bits per heavy atom. The molecule has 1 aliphatic rings. The predicted octanol–water partition coefficient (Wildman–Crippen LogP) is 2.29. The summed E-state index contributed by atoms with van der Waals surface area (Å²) < 4.78 is 10.6. The Balaban J connectivity index is 1.68. The van der Waals surface area contributed by atoms with E-state index in [9.17, 15) is 4.79 Å². The average molecular weight is 355 g/mol. The Morgan fingerprint density at radius 2 is 2.00 bits per heavy atom. The van der Waals surface area contributed by atoms with Gasteiger partial charge >= 0.3 is 0 Å². The van der Waals surface area contributed by atoms with Crippen LogP contribution in [0, 0.1) is 0 Å². The van der Waals surface area contributed by atoms with E-state index in [0.717, 1.165) is 11.1 Å². The van der Waals surface area contributed by atoms with Crippen LogP contribution in [0.4, 0.5) is 5.69 Å². The van der Waals surface area contributed by atoms with Crippen LogP contribution in [0.25, 0.3) is 0 Å². The molecule has 136 valence electrons. The number of benzene rings is 2. The number of hydrogen-bond donors (Lipinski definition) is 2. The number of rotatable bonds is 6. The first-order valence-corrected chi connectivity index (χ1v) is 8.19. The molecule has 0 saturated carbocycles. The second kappa shape index (κ2) is 7.88. The molecule has 0 radical (unpaired) electrons. The summed E-state index contributed by atoms with van der Waals surface area (Å²) in [6.45, 7) is 0.458. The molecule has 0 bridgehead atoms. The van der Waals surface area contributed by atoms with Gasteiger partial charge < -0.3 is 25.4 Å². The summed E-state index contributed by atoms with van der Waals surface area (Å²) in [5.41, 5.74) is 8.64. The van der Waals surface area contributed by atoms with Gasteiger partial charge in [0.15, 0.2) is 0 Å². The highest BCUT2D eigenvalue weighted by molar-refractivity contribution is 6.07. The Morgan fingerprint density at radius 1 is 1.23 bits per heavy atom. The molecule has 7 nitrogen and oxygen atoms in total. The third-order valence-corrected chi connectivity index (χ3v) is 4.14. The number of nitrogens with two attached hydrogens (primary N) is 1. The van der Waals surface area contributed by atoms with E-state index < -0.39 is 6.10 Å². The molecule has 26 heavy (non-hydrogen) atoms. The minimum absolute atomic E-state index is 0.258. The van der Waals surface area contributed by atoms with Crippen molar-refractivity contribution < 1.29 is 19.1 Å². The Bertz CT molecular complexity index is 818. The molecule has 1 atom stereocenters. The topological polar surface area (TPSA) is 95.2 Å². The first kappa shape index (κ1) is 17.8. The minimum atomic E-state index is -0.699. The number of hydrogen-bond acceptors (Lipinski definition) is 6. The van der Waals surface area contributed by atoms with Crippen LogP contribution in [0.1, 0.15) is 17.5 Å². The van der Waals surface area contributed by atoms with Gasteiger partial charge in [0.2, 0.25) is 6.10 Å². The van der Waals surface area contributed by atoms with Crippen molar-refractivity contribution in [1.82, 2.24) is 0 Å². The van der Waals surface area contributed by atoms with Crippen LogP contribution in [0.3, 0.4) is 0 Å². The van der Waals surface area contributed by atoms with Crippen molar-refractivity contribution in [2.45, 2.75) is 19.1 Å². The van der Waals surface area contributed by atoms with Crippen LogP contribution in [0.5, 0.6) is 11.5 Å².